The summed E-state index contributed by atoms with van der Waals surface area (Å²) in [6.07, 6.45) is 2.93. The molecule has 4 unspecified atom stereocenters. The fourth-order valence-electron chi connectivity index (χ4n) is 5.87. The number of nitrogens with one attached hydrogen (secondary N) is 4. The van der Waals surface area contributed by atoms with Gasteiger partial charge in [0.2, 0.25) is 17.7 Å². The second-order valence-corrected chi connectivity index (χ2v) is 10.8. The van der Waals surface area contributed by atoms with Crippen molar-refractivity contribution in [3.63, 3.8) is 0 Å². The SMILES string of the molecule is CC.CCNC(=O)NCC1CCC2CCC(C(=O)NC(c3ccccc3)c3ccccc3)N2C(=O)C1NC(=O)[C@@H](N)CC. The molecule has 0 bridgehead atoms. The summed E-state index contributed by atoms with van der Waals surface area (Å²) in [5.41, 5.74) is 7.88. The van der Waals surface area contributed by atoms with Crippen molar-refractivity contribution in [1.82, 2.24) is 26.2 Å². The van der Waals surface area contributed by atoms with Crippen LogP contribution in [-0.2, 0) is 14.4 Å². The number of nitrogens with zero attached hydrogens (tertiary/aromatic N) is 1. The number of hydrogen-bond acceptors (Lipinski definition) is 5. The Kier molecular flexibility index (Phi) is 13.0. The Morgan fingerprint density at radius 2 is 1.47 bits per heavy atom. The molecule has 0 radical (unpaired) electrons. The molecule has 234 valence electrons. The summed E-state index contributed by atoms with van der Waals surface area (Å²) < 4.78 is 0. The van der Waals surface area contributed by atoms with Crippen LogP contribution in [0.25, 0.3) is 0 Å². The van der Waals surface area contributed by atoms with Gasteiger partial charge in [0.25, 0.3) is 0 Å². The Bertz CT molecular complexity index is 1150. The van der Waals surface area contributed by atoms with Gasteiger partial charge < -0.3 is 31.9 Å². The molecule has 10 nitrogen and oxygen atoms in total. The minimum absolute atomic E-state index is 0.126. The van der Waals surface area contributed by atoms with Crippen molar-refractivity contribution in [2.75, 3.05) is 13.1 Å². The highest BCUT2D eigenvalue weighted by Gasteiger charge is 2.48. The number of rotatable bonds is 10. The van der Waals surface area contributed by atoms with E-state index in [1.54, 1.807) is 11.8 Å². The van der Waals surface area contributed by atoms with Gasteiger partial charge in [0.15, 0.2) is 0 Å². The molecule has 0 aliphatic carbocycles. The van der Waals surface area contributed by atoms with Gasteiger partial charge in [0, 0.05) is 25.0 Å². The molecule has 2 aliphatic rings. The molecule has 6 N–H and O–H groups in total. The summed E-state index contributed by atoms with van der Waals surface area (Å²) in [5, 5.41) is 11.6. The first kappa shape index (κ1) is 33.6. The summed E-state index contributed by atoms with van der Waals surface area (Å²) in [7, 11) is 0. The third-order valence-corrected chi connectivity index (χ3v) is 8.16. The quantitative estimate of drug-likeness (QED) is 0.288. The Morgan fingerprint density at radius 3 is 2.02 bits per heavy atom. The highest BCUT2D eigenvalue weighted by atomic mass is 16.2. The average Bonchev–Trinajstić information content (AvgIpc) is 3.43. The minimum atomic E-state index is -0.903. The van der Waals surface area contributed by atoms with E-state index in [1.807, 2.05) is 81.4 Å². The van der Waals surface area contributed by atoms with Crippen LogP contribution < -0.4 is 27.0 Å². The van der Waals surface area contributed by atoms with Crippen molar-refractivity contribution in [2.24, 2.45) is 11.7 Å². The van der Waals surface area contributed by atoms with Crippen molar-refractivity contribution in [1.29, 1.82) is 0 Å². The summed E-state index contributed by atoms with van der Waals surface area (Å²) in [6.45, 7) is 8.32. The van der Waals surface area contributed by atoms with Crippen LogP contribution in [0.3, 0.4) is 0 Å². The topological polar surface area (TPSA) is 146 Å². The van der Waals surface area contributed by atoms with Crippen molar-refractivity contribution < 1.29 is 19.2 Å². The molecule has 2 aromatic rings. The lowest BCUT2D eigenvalue weighted by molar-refractivity contribution is -0.143. The van der Waals surface area contributed by atoms with E-state index >= 15 is 0 Å². The summed E-state index contributed by atoms with van der Waals surface area (Å²) in [4.78, 5) is 54.7. The Labute approximate surface area is 255 Å². The molecule has 10 heteroatoms. The van der Waals surface area contributed by atoms with Gasteiger partial charge in [-0.3, -0.25) is 14.4 Å². The van der Waals surface area contributed by atoms with Gasteiger partial charge in [-0.15, -0.1) is 0 Å². The minimum Gasteiger partial charge on any atom is -0.343 e. The smallest absolute Gasteiger partial charge is 0.314 e. The molecule has 2 saturated heterocycles. The van der Waals surface area contributed by atoms with Crippen LogP contribution >= 0.6 is 0 Å². The molecule has 0 saturated carbocycles. The van der Waals surface area contributed by atoms with E-state index in [4.69, 9.17) is 5.73 Å². The molecule has 0 aromatic heterocycles. The third-order valence-electron chi connectivity index (χ3n) is 8.16. The molecular weight excluding hydrogens is 544 g/mol. The predicted molar refractivity (Wildman–Crippen MR) is 168 cm³/mol. The largest absolute Gasteiger partial charge is 0.343 e. The Morgan fingerprint density at radius 1 is 0.884 bits per heavy atom. The number of carbonyl (C=O) groups is 4. The maximum Gasteiger partial charge on any atom is 0.314 e. The van der Waals surface area contributed by atoms with Gasteiger partial charge in [-0.05, 0) is 50.2 Å². The Balaban J connectivity index is 0.00000248. The molecule has 0 spiro atoms. The van der Waals surface area contributed by atoms with Crippen LogP contribution in [0.5, 0.6) is 0 Å². The van der Waals surface area contributed by atoms with Crippen LogP contribution in [0.1, 0.15) is 77.0 Å². The van der Waals surface area contributed by atoms with Crippen LogP contribution in [0.4, 0.5) is 4.79 Å². The van der Waals surface area contributed by atoms with E-state index in [0.717, 1.165) is 11.1 Å². The summed E-state index contributed by atoms with van der Waals surface area (Å²) >= 11 is 0. The van der Waals surface area contributed by atoms with Crippen LogP contribution in [0.2, 0.25) is 0 Å². The number of carbonyl (C=O) groups excluding carboxylic acids is 4. The first-order valence-corrected chi connectivity index (χ1v) is 15.6. The number of nitrogens with two attached hydrogens (primary N) is 1. The molecular formula is C33H48N6O4. The van der Waals surface area contributed by atoms with Gasteiger partial charge in [-0.1, -0.05) is 81.4 Å². The predicted octanol–water partition coefficient (Wildman–Crippen LogP) is 3.23. The second-order valence-electron chi connectivity index (χ2n) is 10.8. The third kappa shape index (κ3) is 8.56. The molecule has 2 aliphatic heterocycles. The number of benzene rings is 2. The maximum atomic E-state index is 14.2. The summed E-state index contributed by atoms with van der Waals surface area (Å²) in [5.74, 6) is -1.29. The molecule has 2 aromatic carbocycles. The van der Waals surface area contributed by atoms with Gasteiger partial charge in [0.1, 0.15) is 12.1 Å². The zero-order valence-corrected chi connectivity index (χ0v) is 25.8. The van der Waals surface area contributed by atoms with Crippen LogP contribution in [0, 0.1) is 5.92 Å². The lowest BCUT2D eigenvalue weighted by Gasteiger charge is -2.33. The number of amides is 5. The average molecular weight is 593 g/mol. The van der Waals surface area contributed by atoms with Crippen molar-refractivity contribution >= 4 is 23.8 Å². The number of urea groups is 1. The van der Waals surface area contributed by atoms with E-state index < -0.39 is 24.0 Å². The monoisotopic (exact) mass is 592 g/mol. The molecule has 5 atom stereocenters. The standard InChI is InChI=1S/C31H42N6O4.C2H6/c1-3-24(32)28(38)36-27-22(19-34-31(41)33-4-2)15-16-23-17-18-25(37(23)30(27)40)29(39)35-26(20-11-7-5-8-12-20)21-13-9-6-10-14-21;1-2/h5-14,22-27H,3-4,15-19,32H2,1-2H3,(H,35,39)(H,36,38)(H2,33,34,41);1-2H3/t22?,23?,24-,25?,27?;/m0./s1. The highest BCUT2D eigenvalue weighted by molar-refractivity contribution is 5.94. The lowest BCUT2D eigenvalue weighted by atomic mass is 9.92. The van der Waals surface area contributed by atoms with Gasteiger partial charge >= 0.3 is 6.03 Å². The molecule has 2 heterocycles. The van der Waals surface area contributed by atoms with Crippen molar-refractivity contribution in [3.8, 4) is 0 Å². The fraction of sp³-hybridized carbons (Fsp3) is 0.515. The molecule has 5 amide bonds. The first-order chi connectivity index (χ1) is 20.8. The molecule has 2 fully saturated rings. The lowest BCUT2D eigenvalue weighted by Crippen LogP contribution is -2.59. The second kappa shape index (κ2) is 16.6. The van der Waals surface area contributed by atoms with Gasteiger partial charge in [-0.25, -0.2) is 4.79 Å². The zero-order chi connectivity index (χ0) is 31.4. The maximum absolute atomic E-state index is 14.2. The van der Waals surface area contributed by atoms with E-state index in [9.17, 15) is 19.2 Å². The van der Waals surface area contributed by atoms with E-state index in [-0.39, 0.29) is 42.4 Å². The van der Waals surface area contributed by atoms with E-state index in [0.29, 0.717) is 38.6 Å². The fourth-order valence-corrected chi connectivity index (χ4v) is 5.87. The highest BCUT2D eigenvalue weighted by Crippen LogP contribution is 2.34. The number of hydrogen-bond donors (Lipinski definition) is 5. The van der Waals surface area contributed by atoms with Crippen molar-refractivity contribution in [3.05, 3.63) is 71.8 Å². The summed E-state index contributed by atoms with van der Waals surface area (Å²) in [6, 6.07) is 16.3. The van der Waals surface area contributed by atoms with Crippen LogP contribution in [0.15, 0.2) is 60.7 Å². The van der Waals surface area contributed by atoms with Crippen molar-refractivity contribution in [2.45, 2.75) is 90.0 Å². The van der Waals surface area contributed by atoms with Gasteiger partial charge in [0.05, 0.1) is 12.1 Å². The Hall–Kier alpha value is -3.92. The first-order valence-electron chi connectivity index (χ1n) is 15.6. The number of fused-ring (bicyclic) bond motifs is 1. The van der Waals surface area contributed by atoms with Crippen LogP contribution in [-0.4, -0.2) is 65.9 Å². The van der Waals surface area contributed by atoms with E-state index in [1.165, 1.54) is 0 Å². The molecule has 4 rings (SSSR count). The zero-order valence-electron chi connectivity index (χ0n) is 25.8. The van der Waals surface area contributed by atoms with Gasteiger partial charge in [-0.2, -0.15) is 0 Å². The van der Waals surface area contributed by atoms with E-state index in [2.05, 4.69) is 21.3 Å². The molecule has 43 heavy (non-hydrogen) atoms. The normalized spacial score (nSPS) is 21.9.